The second-order valence-corrected chi connectivity index (χ2v) is 6.43. The summed E-state index contributed by atoms with van der Waals surface area (Å²) in [5.74, 6) is 0.255. The molecule has 0 aliphatic rings. The summed E-state index contributed by atoms with van der Waals surface area (Å²) >= 11 is 12.0. The monoisotopic (exact) mass is 377 g/mol. The van der Waals surface area contributed by atoms with Gasteiger partial charge >= 0.3 is 0 Å². The van der Waals surface area contributed by atoms with Gasteiger partial charge in [-0.15, -0.1) is 0 Å². The Morgan fingerprint density at radius 1 is 1.24 bits per heavy atom. The van der Waals surface area contributed by atoms with E-state index in [1.54, 1.807) is 27.8 Å². The molecule has 130 valence electrons. The van der Waals surface area contributed by atoms with E-state index in [-0.39, 0.29) is 5.91 Å². The fourth-order valence-electron chi connectivity index (χ4n) is 2.38. The molecule has 0 unspecified atom stereocenters. The van der Waals surface area contributed by atoms with Gasteiger partial charge in [-0.2, -0.15) is 10.2 Å². The van der Waals surface area contributed by atoms with E-state index >= 15 is 0 Å². The third kappa shape index (κ3) is 4.03. The van der Waals surface area contributed by atoms with E-state index in [0.717, 1.165) is 11.3 Å². The van der Waals surface area contributed by atoms with Gasteiger partial charge in [-0.05, 0) is 31.5 Å². The molecule has 3 aromatic rings. The van der Waals surface area contributed by atoms with Crippen molar-refractivity contribution in [3.05, 3.63) is 63.5 Å². The van der Waals surface area contributed by atoms with Crippen molar-refractivity contribution in [3.63, 3.8) is 0 Å². The van der Waals surface area contributed by atoms with Crippen LogP contribution in [0.25, 0.3) is 0 Å². The fourth-order valence-corrected chi connectivity index (χ4v) is 2.71. The first-order valence-corrected chi connectivity index (χ1v) is 8.54. The number of nitrogens with zero attached hydrogens (tertiary/aromatic N) is 4. The summed E-state index contributed by atoms with van der Waals surface area (Å²) in [7, 11) is 0. The highest BCUT2D eigenvalue weighted by Crippen LogP contribution is 2.23. The molecule has 1 amide bonds. The van der Waals surface area contributed by atoms with E-state index in [9.17, 15) is 4.79 Å². The van der Waals surface area contributed by atoms with Gasteiger partial charge in [0.15, 0.2) is 5.82 Å². The van der Waals surface area contributed by atoms with Gasteiger partial charge in [-0.1, -0.05) is 29.3 Å². The zero-order valence-electron chi connectivity index (χ0n) is 13.8. The number of halogens is 2. The number of anilines is 1. The molecule has 0 bridgehead atoms. The van der Waals surface area contributed by atoms with Crippen LogP contribution in [0.15, 0.2) is 36.7 Å². The minimum absolute atomic E-state index is 0.237. The Morgan fingerprint density at radius 3 is 2.72 bits per heavy atom. The fraction of sp³-hybridized carbons (Fsp3) is 0.235. The summed E-state index contributed by atoms with van der Waals surface area (Å²) in [6.45, 7) is 5.13. The average Bonchev–Trinajstić information content (AvgIpc) is 3.18. The lowest BCUT2D eigenvalue weighted by Crippen LogP contribution is -2.12. The van der Waals surface area contributed by atoms with Crippen molar-refractivity contribution in [1.82, 2.24) is 19.6 Å². The number of benzene rings is 1. The molecule has 1 N–H and O–H groups in total. The van der Waals surface area contributed by atoms with Gasteiger partial charge in [-0.25, -0.2) is 0 Å². The van der Waals surface area contributed by atoms with Gasteiger partial charge in [0.2, 0.25) is 0 Å². The molecule has 0 fully saturated rings. The molecule has 0 spiro atoms. The van der Waals surface area contributed by atoms with Crippen LogP contribution in [0.4, 0.5) is 5.82 Å². The number of nitrogens with one attached hydrogen (secondary N) is 1. The molecule has 0 saturated heterocycles. The van der Waals surface area contributed by atoms with E-state index in [0.29, 0.717) is 34.5 Å². The first-order chi connectivity index (χ1) is 12.0. The SMILES string of the molecule is CCn1cc(C(=O)Nc2cc(C)n(Cc3ccc(Cl)c(Cl)c3)n2)cn1. The Kier molecular flexibility index (Phi) is 5.11. The molecule has 1 aromatic carbocycles. The van der Waals surface area contributed by atoms with Crippen molar-refractivity contribution in [2.45, 2.75) is 26.9 Å². The molecule has 2 aromatic heterocycles. The Morgan fingerprint density at radius 2 is 2.04 bits per heavy atom. The second-order valence-electron chi connectivity index (χ2n) is 5.62. The quantitative estimate of drug-likeness (QED) is 0.730. The van der Waals surface area contributed by atoms with Crippen LogP contribution in [-0.2, 0) is 13.1 Å². The van der Waals surface area contributed by atoms with Crippen LogP contribution >= 0.6 is 23.2 Å². The van der Waals surface area contributed by atoms with Crippen molar-refractivity contribution in [2.24, 2.45) is 0 Å². The van der Waals surface area contributed by atoms with Crippen LogP contribution in [0.5, 0.6) is 0 Å². The summed E-state index contributed by atoms with van der Waals surface area (Å²) in [5.41, 5.74) is 2.40. The number of hydrogen-bond acceptors (Lipinski definition) is 3. The van der Waals surface area contributed by atoms with Crippen LogP contribution in [0.3, 0.4) is 0 Å². The van der Waals surface area contributed by atoms with Gasteiger partial charge in [0, 0.05) is 24.5 Å². The number of amides is 1. The Hall–Kier alpha value is -2.31. The van der Waals surface area contributed by atoms with Gasteiger partial charge in [0.1, 0.15) is 0 Å². The summed E-state index contributed by atoms with van der Waals surface area (Å²) in [4.78, 5) is 12.3. The summed E-state index contributed by atoms with van der Waals surface area (Å²) in [6, 6.07) is 7.28. The van der Waals surface area contributed by atoms with E-state index in [4.69, 9.17) is 23.2 Å². The molecule has 2 heterocycles. The van der Waals surface area contributed by atoms with Crippen molar-refractivity contribution < 1.29 is 4.79 Å². The van der Waals surface area contributed by atoms with E-state index in [1.807, 2.05) is 32.0 Å². The molecule has 6 nitrogen and oxygen atoms in total. The lowest BCUT2D eigenvalue weighted by atomic mass is 10.2. The topological polar surface area (TPSA) is 64.7 Å². The molecule has 8 heteroatoms. The molecule has 0 aliphatic heterocycles. The molecular formula is C17H17Cl2N5O. The number of carbonyl (C=O) groups is 1. The largest absolute Gasteiger partial charge is 0.305 e. The predicted molar refractivity (Wildman–Crippen MR) is 98.4 cm³/mol. The maximum atomic E-state index is 12.3. The highest BCUT2D eigenvalue weighted by atomic mass is 35.5. The Bertz CT molecular complexity index is 916. The second kappa shape index (κ2) is 7.29. The highest BCUT2D eigenvalue weighted by Gasteiger charge is 2.12. The third-order valence-electron chi connectivity index (χ3n) is 3.76. The van der Waals surface area contributed by atoms with Gasteiger partial charge in [0.25, 0.3) is 5.91 Å². The molecule has 0 atom stereocenters. The molecule has 0 radical (unpaired) electrons. The molecule has 3 rings (SSSR count). The smallest absolute Gasteiger partial charge is 0.260 e. The standard InChI is InChI=1S/C17H17Cl2N5O/c1-3-23-10-13(8-20-23)17(25)21-16-6-11(2)24(22-16)9-12-4-5-14(18)15(19)7-12/h4-8,10H,3,9H2,1-2H3,(H,21,22,25). The van der Waals surface area contributed by atoms with Crippen molar-refractivity contribution in [2.75, 3.05) is 5.32 Å². The van der Waals surface area contributed by atoms with Gasteiger partial charge < -0.3 is 5.32 Å². The highest BCUT2D eigenvalue weighted by molar-refractivity contribution is 6.42. The molecule has 0 aliphatic carbocycles. The van der Waals surface area contributed by atoms with Gasteiger partial charge in [-0.3, -0.25) is 14.2 Å². The lowest BCUT2D eigenvalue weighted by Gasteiger charge is -2.06. The van der Waals surface area contributed by atoms with Crippen molar-refractivity contribution in [3.8, 4) is 0 Å². The van der Waals surface area contributed by atoms with Gasteiger partial charge in [0.05, 0.1) is 28.4 Å². The predicted octanol–water partition coefficient (Wildman–Crippen LogP) is 4.02. The zero-order valence-corrected chi connectivity index (χ0v) is 15.3. The zero-order chi connectivity index (χ0) is 18.0. The maximum absolute atomic E-state index is 12.3. The average molecular weight is 378 g/mol. The number of aryl methyl sites for hydroxylation is 2. The Labute approximate surface area is 155 Å². The van der Waals surface area contributed by atoms with Crippen LogP contribution in [0.2, 0.25) is 10.0 Å². The number of rotatable bonds is 5. The minimum atomic E-state index is -0.237. The third-order valence-corrected chi connectivity index (χ3v) is 4.50. The van der Waals surface area contributed by atoms with Crippen LogP contribution < -0.4 is 5.32 Å². The van der Waals surface area contributed by atoms with E-state index < -0.39 is 0 Å². The minimum Gasteiger partial charge on any atom is -0.305 e. The van der Waals surface area contributed by atoms with Crippen LogP contribution in [0, 0.1) is 6.92 Å². The van der Waals surface area contributed by atoms with Crippen molar-refractivity contribution >= 4 is 34.9 Å². The molecular weight excluding hydrogens is 361 g/mol. The normalized spacial score (nSPS) is 10.9. The summed E-state index contributed by atoms with van der Waals surface area (Å²) < 4.78 is 3.49. The molecule has 0 saturated carbocycles. The van der Waals surface area contributed by atoms with Crippen LogP contribution in [0.1, 0.15) is 28.5 Å². The number of carbonyl (C=O) groups excluding carboxylic acids is 1. The molecule has 25 heavy (non-hydrogen) atoms. The maximum Gasteiger partial charge on any atom is 0.260 e. The number of hydrogen-bond donors (Lipinski definition) is 1. The summed E-state index contributed by atoms with van der Waals surface area (Å²) in [6.07, 6.45) is 3.24. The van der Waals surface area contributed by atoms with Crippen LogP contribution in [-0.4, -0.2) is 25.5 Å². The van der Waals surface area contributed by atoms with Crippen molar-refractivity contribution in [1.29, 1.82) is 0 Å². The lowest BCUT2D eigenvalue weighted by molar-refractivity contribution is 0.102. The van der Waals surface area contributed by atoms with E-state index in [1.165, 1.54) is 0 Å². The number of aromatic nitrogens is 4. The first kappa shape index (κ1) is 17.5. The van der Waals surface area contributed by atoms with E-state index in [2.05, 4.69) is 15.5 Å². The summed E-state index contributed by atoms with van der Waals surface area (Å²) in [5, 5.41) is 12.3. The Balaban J connectivity index is 1.73. The first-order valence-electron chi connectivity index (χ1n) is 7.78.